The van der Waals surface area contributed by atoms with E-state index in [1.54, 1.807) is 0 Å². The highest BCUT2D eigenvalue weighted by atomic mass is 35.5. The van der Waals surface area contributed by atoms with E-state index in [1.165, 1.54) is 43.3 Å². The van der Waals surface area contributed by atoms with Gasteiger partial charge in [-0.05, 0) is 31.2 Å². The number of benzene rings is 2. The number of alkyl halides is 2. The lowest BCUT2D eigenvalue weighted by Crippen LogP contribution is -2.30. The first kappa shape index (κ1) is 19.7. The summed E-state index contributed by atoms with van der Waals surface area (Å²) in [4.78, 5) is 24.6. The first-order valence-electron chi connectivity index (χ1n) is 8.00. The number of nitrogens with one attached hydrogen (secondary N) is 1. The number of esters is 1. The van der Waals surface area contributed by atoms with Crippen molar-refractivity contribution in [2.75, 3.05) is 12.1 Å². The van der Waals surface area contributed by atoms with E-state index < -0.39 is 24.6 Å². The summed E-state index contributed by atoms with van der Waals surface area (Å²) in [5.74, 6) is -1.16. The summed E-state index contributed by atoms with van der Waals surface area (Å²) < 4.78 is 44.7. The Kier molecular flexibility index (Phi) is 5.84. The second-order valence-electron chi connectivity index (χ2n) is 5.60. The van der Waals surface area contributed by atoms with Gasteiger partial charge in [0.15, 0.2) is 17.6 Å². The highest BCUT2D eigenvalue weighted by molar-refractivity contribution is 6.32. The van der Waals surface area contributed by atoms with E-state index in [4.69, 9.17) is 25.8 Å². The lowest BCUT2D eigenvalue weighted by atomic mass is 10.2. The zero-order valence-corrected chi connectivity index (χ0v) is 15.2. The van der Waals surface area contributed by atoms with Gasteiger partial charge in [0, 0.05) is 0 Å². The quantitative estimate of drug-likeness (QED) is 0.724. The molecule has 0 unspecified atom stereocenters. The van der Waals surface area contributed by atoms with E-state index >= 15 is 0 Å². The largest absolute Gasteiger partial charge is 0.454 e. The molecule has 0 fully saturated rings. The number of hydrogen-bond donors (Lipinski definition) is 1. The maximum absolute atomic E-state index is 12.4. The Bertz CT molecular complexity index is 908. The second kappa shape index (κ2) is 8.30. The number of rotatable bonds is 6. The molecule has 3 rings (SSSR count). The van der Waals surface area contributed by atoms with Gasteiger partial charge in [-0.15, -0.1) is 0 Å². The summed E-state index contributed by atoms with van der Waals surface area (Å²) in [5, 5.41) is 2.54. The van der Waals surface area contributed by atoms with Crippen LogP contribution in [0.1, 0.15) is 17.3 Å². The van der Waals surface area contributed by atoms with E-state index in [1.807, 2.05) is 0 Å². The van der Waals surface area contributed by atoms with Crippen LogP contribution in [-0.2, 0) is 9.53 Å². The van der Waals surface area contributed by atoms with Crippen LogP contribution >= 0.6 is 11.6 Å². The van der Waals surface area contributed by atoms with Crippen molar-refractivity contribution < 1.29 is 37.3 Å². The van der Waals surface area contributed by atoms with Crippen LogP contribution in [0.25, 0.3) is 0 Å². The molecule has 7 nitrogen and oxygen atoms in total. The molecule has 148 valence electrons. The van der Waals surface area contributed by atoms with Crippen LogP contribution in [0.3, 0.4) is 0 Å². The van der Waals surface area contributed by atoms with Crippen LogP contribution < -0.4 is 19.5 Å². The summed E-state index contributed by atoms with van der Waals surface area (Å²) >= 11 is 6.02. The highest BCUT2D eigenvalue weighted by Crippen LogP contribution is 2.40. The Morgan fingerprint density at radius 1 is 1.21 bits per heavy atom. The van der Waals surface area contributed by atoms with Gasteiger partial charge in [0.2, 0.25) is 6.79 Å². The third-order valence-corrected chi connectivity index (χ3v) is 3.96. The number of para-hydroxylation sites is 2. The van der Waals surface area contributed by atoms with E-state index in [9.17, 15) is 18.4 Å². The minimum absolute atomic E-state index is 0.0156. The lowest BCUT2D eigenvalue weighted by Gasteiger charge is -2.16. The standard InChI is InChI=1S/C18H14ClF2NO6/c1-9(16(23)22-12-4-2-3-5-13(12)28-18(20)21)27-17(24)10-6-11(19)15-14(7-10)25-8-26-15/h2-7,9,18H,8H2,1H3,(H,22,23)/t9-/m0/s1. The zero-order valence-electron chi connectivity index (χ0n) is 14.4. The molecule has 10 heteroatoms. The van der Waals surface area contributed by atoms with Crippen molar-refractivity contribution >= 4 is 29.2 Å². The number of halogens is 3. The number of amides is 1. The van der Waals surface area contributed by atoms with Gasteiger partial charge in [0.05, 0.1) is 16.3 Å². The van der Waals surface area contributed by atoms with E-state index in [0.29, 0.717) is 5.75 Å². The van der Waals surface area contributed by atoms with Crippen LogP contribution in [0.5, 0.6) is 17.2 Å². The molecule has 28 heavy (non-hydrogen) atoms. The number of carbonyl (C=O) groups is 2. The second-order valence-corrected chi connectivity index (χ2v) is 6.01. The molecule has 0 spiro atoms. The Hall–Kier alpha value is -3.07. The average molecular weight is 414 g/mol. The van der Waals surface area contributed by atoms with Crippen LogP contribution in [0.2, 0.25) is 5.02 Å². The number of carbonyl (C=O) groups excluding carboxylic acids is 2. The van der Waals surface area contributed by atoms with Gasteiger partial charge in [0.1, 0.15) is 5.75 Å². The predicted molar refractivity (Wildman–Crippen MR) is 94.2 cm³/mol. The van der Waals surface area contributed by atoms with E-state index in [-0.39, 0.29) is 34.6 Å². The molecule has 2 aromatic rings. The summed E-state index contributed by atoms with van der Waals surface area (Å²) in [6, 6.07) is 8.36. The monoisotopic (exact) mass is 413 g/mol. The number of ether oxygens (including phenoxy) is 4. The number of anilines is 1. The summed E-state index contributed by atoms with van der Waals surface area (Å²) in [5.41, 5.74) is 0.0807. The fourth-order valence-corrected chi connectivity index (χ4v) is 2.64. The molecule has 0 saturated heterocycles. The molecule has 1 amide bonds. The van der Waals surface area contributed by atoms with Crippen molar-refractivity contribution in [3.63, 3.8) is 0 Å². The van der Waals surface area contributed by atoms with Gasteiger partial charge in [0.25, 0.3) is 5.91 Å². The third kappa shape index (κ3) is 4.42. The Morgan fingerprint density at radius 3 is 2.71 bits per heavy atom. The molecule has 0 saturated carbocycles. The first-order valence-corrected chi connectivity index (χ1v) is 8.37. The first-order chi connectivity index (χ1) is 13.3. The molecule has 2 aromatic carbocycles. The maximum atomic E-state index is 12.4. The predicted octanol–water partition coefficient (Wildman–Crippen LogP) is 3.85. The van der Waals surface area contributed by atoms with Crippen LogP contribution in [-0.4, -0.2) is 31.4 Å². The van der Waals surface area contributed by atoms with E-state index in [2.05, 4.69) is 10.1 Å². The Balaban J connectivity index is 1.66. The van der Waals surface area contributed by atoms with Crippen molar-refractivity contribution in [3.8, 4) is 17.2 Å². The molecule has 0 aromatic heterocycles. The van der Waals surface area contributed by atoms with E-state index in [0.717, 1.165) is 0 Å². The van der Waals surface area contributed by atoms with Crippen LogP contribution in [0, 0.1) is 0 Å². The van der Waals surface area contributed by atoms with Crippen molar-refractivity contribution in [2.45, 2.75) is 19.6 Å². The fraction of sp³-hybridized carbons (Fsp3) is 0.222. The van der Waals surface area contributed by atoms with Gasteiger partial charge in [-0.25, -0.2) is 4.79 Å². The topological polar surface area (TPSA) is 83.1 Å². The van der Waals surface area contributed by atoms with Crippen molar-refractivity contribution in [3.05, 3.63) is 47.0 Å². The van der Waals surface area contributed by atoms with Gasteiger partial charge in [-0.3, -0.25) is 4.79 Å². The molecule has 1 aliphatic rings. The Morgan fingerprint density at radius 2 is 1.96 bits per heavy atom. The van der Waals surface area contributed by atoms with Crippen molar-refractivity contribution in [1.82, 2.24) is 0 Å². The normalized spacial score (nSPS) is 13.2. The molecule has 0 aliphatic carbocycles. The van der Waals surface area contributed by atoms with Crippen LogP contribution in [0.4, 0.5) is 14.5 Å². The van der Waals surface area contributed by atoms with Gasteiger partial charge in [-0.1, -0.05) is 23.7 Å². The zero-order chi connectivity index (χ0) is 20.3. The van der Waals surface area contributed by atoms with Crippen LogP contribution in [0.15, 0.2) is 36.4 Å². The number of hydrogen-bond acceptors (Lipinski definition) is 6. The molecule has 0 bridgehead atoms. The average Bonchev–Trinajstić information content (AvgIpc) is 3.12. The van der Waals surface area contributed by atoms with Crippen molar-refractivity contribution in [2.24, 2.45) is 0 Å². The molecule has 0 radical (unpaired) electrons. The SMILES string of the molecule is C[C@H](OC(=O)c1cc(Cl)c2c(c1)OCO2)C(=O)Nc1ccccc1OC(F)F. The maximum Gasteiger partial charge on any atom is 0.387 e. The summed E-state index contributed by atoms with van der Waals surface area (Å²) in [6.07, 6.45) is -1.23. The minimum atomic E-state index is -3.05. The Labute approximate surface area is 163 Å². The molecular weight excluding hydrogens is 400 g/mol. The van der Waals surface area contributed by atoms with Gasteiger partial charge < -0.3 is 24.3 Å². The van der Waals surface area contributed by atoms with Gasteiger partial charge in [-0.2, -0.15) is 8.78 Å². The highest BCUT2D eigenvalue weighted by Gasteiger charge is 2.24. The summed E-state index contributed by atoms with van der Waals surface area (Å²) in [6.45, 7) is -1.74. The molecule has 1 atom stereocenters. The molecular formula is C18H14ClF2NO6. The van der Waals surface area contributed by atoms with Crippen molar-refractivity contribution in [1.29, 1.82) is 0 Å². The minimum Gasteiger partial charge on any atom is -0.454 e. The van der Waals surface area contributed by atoms with Gasteiger partial charge >= 0.3 is 12.6 Å². The lowest BCUT2D eigenvalue weighted by molar-refractivity contribution is -0.123. The number of fused-ring (bicyclic) bond motifs is 1. The fourth-order valence-electron chi connectivity index (χ4n) is 2.37. The molecule has 1 N–H and O–H groups in total. The molecule has 1 heterocycles. The summed E-state index contributed by atoms with van der Waals surface area (Å²) in [7, 11) is 0. The smallest absolute Gasteiger partial charge is 0.387 e. The molecule has 1 aliphatic heterocycles. The third-order valence-electron chi connectivity index (χ3n) is 3.68.